The summed E-state index contributed by atoms with van der Waals surface area (Å²) in [6, 6.07) is 15.0. The lowest BCUT2D eigenvalue weighted by Gasteiger charge is -2.56. The molecule has 2 saturated heterocycles. The van der Waals surface area contributed by atoms with Crippen LogP contribution in [0.25, 0.3) is 11.1 Å². The van der Waals surface area contributed by atoms with Gasteiger partial charge in [-0.15, -0.1) is 0 Å². The van der Waals surface area contributed by atoms with Crippen LogP contribution in [-0.2, 0) is 10.0 Å². The summed E-state index contributed by atoms with van der Waals surface area (Å²) in [5.74, 6) is 0.0743. The van der Waals surface area contributed by atoms with Gasteiger partial charge in [0.2, 0.25) is 10.0 Å². The predicted octanol–water partition coefficient (Wildman–Crippen LogP) is 2.51. The Labute approximate surface area is 215 Å². The van der Waals surface area contributed by atoms with E-state index in [2.05, 4.69) is 66.5 Å². The Kier molecular flexibility index (Phi) is 7.11. The number of nitrogens with zero attached hydrogens (tertiary/aromatic N) is 3. The van der Waals surface area contributed by atoms with E-state index in [-0.39, 0.29) is 30.8 Å². The summed E-state index contributed by atoms with van der Waals surface area (Å²) in [5.41, 5.74) is 6.11. The fourth-order valence-corrected chi connectivity index (χ4v) is 8.00. The van der Waals surface area contributed by atoms with Crippen molar-refractivity contribution in [3.63, 3.8) is 0 Å². The van der Waals surface area contributed by atoms with Crippen LogP contribution in [-0.4, -0.2) is 91.1 Å². The van der Waals surface area contributed by atoms with Gasteiger partial charge in [-0.2, -0.15) is 4.31 Å². The molecular weight excluding hydrogens is 472 g/mol. The minimum Gasteiger partial charge on any atom is -0.395 e. The van der Waals surface area contributed by atoms with E-state index >= 15 is 0 Å². The summed E-state index contributed by atoms with van der Waals surface area (Å²) in [6.45, 7) is 8.27. The van der Waals surface area contributed by atoms with E-state index in [9.17, 15) is 13.5 Å². The highest BCUT2D eigenvalue weighted by Gasteiger charge is 2.51. The van der Waals surface area contributed by atoms with Crippen molar-refractivity contribution in [2.75, 3.05) is 39.8 Å². The smallest absolute Gasteiger partial charge is 0.232 e. The molecule has 2 N–H and O–H groups in total. The summed E-state index contributed by atoms with van der Waals surface area (Å²) in [5, 5.41) is 13.0. The Bertz CT molecular complexity index is 1230. The third kappa shape index (κ3) is 4.34. The molecule has 2 fully saturated rings. The van der Waals surface area contributed by atoms with Crippen LogP contribution >= 0.6 is 0 Å². The first-order valence-electron chi connectivity index (χ1n) is 12.9. The number of sulfonamides is 1. The average molecular weight is 511 g/mol. The zero-order chi connectivity index (χ0) is 25.6. The molecule has 0 aromatic heterocycles. The monoisotopic (exact) mass is 510 g/mol. The highest BCUT2D eigenvalue weighted by Crippen LogP contribution is 2.42. The second kappa shape index (κ2) is 10.0. The van der Waals surface area contributed by atoms with Gasteiger partial charge in [-0.25, -0.2) is 8.42 Å². The lowest BCUT2D eigenvalue weighted by molar-refractivity contribution is -0.0416. The Hall–Kier alpha value is -2.07. The van der Waals surface area contributed by atoms with E-state index in [4.69, 9.17) is 0 Å². The molecule has 0 amide bonds. The van der Waals surface area contributed by atoms with E-state index in [0.29, 0.717) is 19.6 Å². The van der Waals surface area contributed by atoms with Crippen LogP contribution < -0.4 is 5.32 Å². The third-order valence-corrected chi connectivity index (χ3v) is 10.8. The summed E-state index contributed by atoms with van der Waals surface area (Å²) in [7, 11) is -1.67. The Morgan fingerprint density at radius 3 is 2.44 bits per heavy atom. The minimum atomic E-state index is -3.53. The summed E-state index contributed by atoms with van der Waals surface area (Å²) in [6.07, 6.45) is 4.01. The third-order valence-electron chi connectivity index (χ3n) is 8.62. The molecule has 0 aliphatic carbocycles. The second-order valence-corrected chi connectivity index (χ2v) is 12.5. The standard InChI is InChI=1S/C28H38N4O3S/c1-19-8-7-9-24(20(19)2)22-10-12-23(13-11-22)28-25-17-31(14-5-6-15-32(25)26(28)18-33)36(34,35)27-16-29-21(3)30(27)4/h5-13,21,25-29,33H,14-18H2,1-4H3/b6-5-/t21?,25?,26-,27?,28+/m1/s1. The topological polar surface area (TPSA) is 76.1 Å². The van der Waals surface area contributed by atoms with Crippen molar-refractivity contribution in [2.45, 2.75) is 50.3 Å². The number of hydrogen-bond donors (Lipinski definition) is 2. The molecule has 36 heavy (non-hydrogen) atoms. The van der Waals surface area contributed by atoms with Gasteiger partial charge < -0.3 is 5.11 Å². The molecule has 194 valence electrons. The molecule has 0 spiro atoms. The number of benzene rings is 2. The highest BCUT2D eigenvalue weighted by atomic mass is 32.2. The minimum absolute atomic E-state index is 0.0190. The zero-order valence-corrected chi connectivity index (χ0v) is 22.4. The normalized spacial score (nSPS) is 30.9. The van der Waals surface area contributed by atoms with E-state index in [1.165, 1.54) is 22.3 Å². The fourth-order valence-electron chi connectivity index (χ4n) is 6.09. The first kappa shape index (κ1) is 25.6. The highest BCUT2D eigenvalue weighted by molar-refractivity contribution is 7.89. The molecule has 3 unspecified atom stereocenters. The van der Waals surface area contributed by atoms with Crippen LogP contribution in [0.3, 0.4) is 0 Å². The number of aryl methyl sites for hydroxylation is 1. The van der Waals surface area contributed by atoms with E-state index in [0.717, 1.165) is 12.1 Å². The van der Waals surface area contributed by atoms with Gasteiger partial charge in [0.1, 0.15) is 5.37 Å². The van der Waals surface area contributed by atoms with E-state index in [1.807, 2.05) is 31.0 Å². The van der Waals surface area contributed by atoms with Gasteiger partial charge in [0.15, 0.2) is 0 Å². The molecule has 5 atom stereocenters. The van der Waals surface area contributed by atoms with Gasteiger partial charge >= 0.3 is 0 Å². The largest absolute Gasteiger partial charge is 0.395 e. The molecule has 0 saturated carbocycles. The Morgan fingerprint density at radius 2 is 1.78 bits per heavy atom. The molecule has 3 heterocycles. The molecule has 8 heteroatoms. The van der Waals surface area contributed by atoms with Crippen LogP contribution in [0.4, 0.5) is 0 Å². The van der Waals surface area contributed by atoms with E-state index in [1.54, 1.807) is 4.31 Å². The molecule has 2 aromatic rings. The van der Waals surface area contributed by atoms with Crippen molar-refractivity contribution in [3.8, 4) is 11.1 Å². The van der Waals surface area contributed by atoms with Gasteiger partial charge in [0.25, 0.3) is 0 Å². The van der Waals surface area contributed by atoms with Crippen molar-refractivity contribution >= 4 is 10.0 Å². The molecule has 2 aromatic carbocycles. The SMILES string of the molecule is Cc1cccc(-c2ccc([C@H]3C4CN(S(=O)(=O)C5CNC(C)N5C)C/C=C\CN4[C@@H]3CO)cc2)c1C. The first-order valence-corrected chi connectivity index (χ1v) is 14.4. The maximum absolute atomic E-state index is 13.7. The van der Waals surface area contributed by atoms with Gasteiger partial charge in [0.05, 0.1) is 12.8 Å². The summed E-state index contributed by atoms with van der Waals surface area (Å²) < 4.78 is 29.0. The van der Waals surface area contributed by atoms with Crippen molar-refractivity contribution < 1.29 is 13.5 Å². The van der Waals surface area contributed by atoms with Crippen molar-refractivity contribution in [2.24, 2.45) is 0 Å². The maximum atomic E-state index is 13.7. The van der Waals surface area contributed by atoms with Crippen LogP contribution in [0.15, 0.2) is 54.6 Å². The van der Waals surface area contributed by atoms with Crippen LogP contribution in [0, 0.1) is 13.8 Å². The van der Waals surface area contributed by atoms with Crippen molar-refractivity contribution in [3.05, 3.63) is 71.3 Å². The molecular formula is C28H38N4O3S. The van der Waals surface area contributed by atoms with Crippen LogP contribution in [0.1, 0.15) is 29.5 Å². The average Bonchev–Trinajstić information content (AvgIpc) is 3.19. The molecule has 0 bridgehead atoms. The van der Waals surface area contributed by atoms with Crippen LogP contribution in [0.5, 0.6) is 0 Å². The Balaban J connectivity index is 1.42. The number of likely N-dealkylation sites (N-methyl/N-ethyl adjacent to an activating group) is 1. The maximum Gasteiger partial charge on any atom is 0.232 e. The fraction of sp³-hybridized carbons (Fsp3) is 0.500. The van der Waals surface area contributed by atoms with Gasteiger partial charge in [-0.3, -0.25) is 15.1 Å². The molecule has 3 aliphatic heterocycles. The Morgan fingerprint density at radius 1 is 1.06 bits per heavy atom. The number of aliphatic hydroxyl groups is 1. The first-order chi connectivity index (χ1) is 17.2. The molecule has 3 aliphatic rings. The summed E-state index contributed by atoms with van der Waals surface area (Å²) in [4.78, 5) is 4.15. The number of rotatable bonds is 5. The lowest BCUT2D eigenvalue weighted by atomic mass is 9.74. The van der Waals surface area contributed by atoms with Gasteiger partial charge in [-0.05, 0) is 55.6 Å². The van der Waals surface area contributed by atoms with Crippen molar-refractivity contribution in [1.29, 1.82) is 0 Å². The quantitative estimate of drug-likeness (QED) is 0.602. The van der Waals surface area contributed by atoms with Crippen molar-refractivity contribution in [1.82, 2.24) is 19.4 Å². The predicted molar refractivity (Wildman–Crippen MR) is 144 cm³/mol. The number of nitrogens with one attached hydrogen (secondary N) is 1. The lowest BCUT2D eigenvalue weighted by Crippen LogP contribution is -2.67. The molecule has 0 radical (unpaired) electrons. The van der Waals surface area contributed by atoms with E-state index < -0.39 is 15.4 Å². The second-order valence-electron chi connectivity index (χ2n) is 10.4. The zero-order valence-electron chi connectivity index (χ0n) is 21.6. The molecule has 7 nitrogen and oxygen atoms in total. The van der Waals surface area contributed by atoms with Gasteiger partial charge in [-0.1, -0.05) is 54.6 Å². The number of aliphatic hydroxyl groups excluding tert-OH is 1. The van der Waals surface area contributed by atoms with Crippen LogP contribution in [0.2, 0.25) is 0 Å². The summed E-state index contributed by atoms with van der Waals surface area (Å²) >= 11 is 0. The van der Waals surface area contributed by atoms with Gasteiger partial charge in [0, 0.05) is 44.2 Å². The molecule has 5 rings (SSSR count). The number of hydrogen-bond acceptors (Lipinski definition) is 6. The number of fused-ring (bicyclic) bond motifs is 1.